The fourth-order valence-electron chi connectivity index (χ4n) is 2.66. The van der Waals surface area contributed by atoms with E-state index in [0.717, 1.165) is 29.9 Å². The van der Waals surface area contributed by atoms with Gasteiger partial charge in [0.2, 0.25) is 0 Å². The maximum absolute atomic E-state index is 14.0. The number of nitrogens with zero attached hydrogens (tertiary/aromatic N) is 2. The largest absolute Gasteiger partial charge is 0.482 e. The Morgan fingerprint density at radius 3 is 3.09 bits per heavy atom. The third-order valence-electron chi connectivity index (χ3n) is 3.77. The summed E-state index contributed by atoms with van der Waals surface area (Å²) < 4.78 is 19.7. The number of aromatic nitrogens is 2. The molecule has 1 aliphatic rings. The highest BCUT2D eigenvalue weighted by molar-refractivity contribution is 5.84. The standard InChI is InChI=1S/C17H14FN3O/c18-14-6-4-11-2-1-8-19-15(11)16(14)22-10-13-5-3-12-7-9-20-17(12)21-13/h1-6,8H,7,9-10H2,(H,20,21). The van der Waals surface area contributed by atoms with Crippen LogP contribution >= 0.6 is 0 Å². The van der Waals surface area contributed by atoms with Gasteiger partial charge in [-0.15, -0.1) is 0 Å². The van der Waals surface area contributed by atoms with Gasteiger partial charge in [0, 0.05) is 18.1 Å². The zero-order valence-corrected chi connectivity index (χ0v) is 11.8. The first-order valence-corrected chi connectivity index (χ1v) is 7.20. The van der Waals surface area contributed by atoms with Crippen molar-refractivity contribution in [3.8, 4) is 5.75 Å². The van der Waals surface area contributed by atoms with Gasteiger partial charge in [0.25, 0.3) is 0 Å². The van der Waals surface area contributed by atoms with Crippen molar-refractivity contribution in [1.82, 2.24) is 9.97 Å². The summed E-state index contributed by atoms with van der Waals surface area (Å²) in [4.78, 5) is 8.71. The number of anilines is 1. The molecule has 4 nitrogen and oxygen atoms in total. The van der Waals surface area contributed by atoms with E-state index in [4.69, 9.17) is 4.74 Å². The Morgan fingerprint density at radius 1 is 1.18 bits per heavy atom. The molecule has 2 aromatic heterocycles. The van der Waals surface area contributed by atoms with Gasteiger partial charge in [0.1, 0.15) is 17.9 Å². The molecule has 0 fully saturated rings. The van der Waals surface area contributed by atoms with E-state index in [1.165, 1.54) is 11.6 Å². The van der Waals surface area contributed by atoms with E-state index in [1.54, 1.807) is 12.3 Å². The molecular formula is C17H14FN3O. The van der Waals surface area contributed by atoms with Gasteiger partial charge < -0.3 is 10.1 Å². The van der Waals surface area contributed by atoms with Crippen LogP contribution in [0.5, 0.6) is 5.75 Å². The molecule has 0 atom stereocenters. The summed E-state index contributed by atoms with van der Waals surface area (Å²) >= 11 is 0. The van der Waals surface area contributed by atoms with E-state index in [2.05, 4.69) is 15.3 Å². The lowest BCUT2D eigenvalue weighted by Crippen LogP contribution is -2.02. The molecule has 3 aromatic rings. The van der Waals surface area contributed by atoms with Crippen LogP contribution in [0.3, 0.4) is 0 Å². The second kappa shape index (κ2) is 5.26. The first-order chi connectivity index (χ1) is 10.8. The van der Waals surface area contributed by atoms with Crippen molar-refractivity contribution in [1.29, 1.82) is 0 Å². The molecule has 1 N–H and O–H groups in total. The van der Waals surface area contributed by atoms with E-state index in [-0.39, 0.29) is 12.4 Å². The minimum Gasteiger partial charge on any atom is -0.482 e. The predicted octanol–water partition coefficient (Wildman–Crippen LogP) is 3.32. The van der Waals surface area contributed by atoms with Crippen LogP contribution in [-0.2, 0) is 13.0 Å². The highest BCUT2D eigenvalue weighted by atomic mass is 19.1. The molecule has 0 unspecified atom stereocenters. The molecular weight excluding hydrogens is 281 g/mol. The summed E-state index contributed by atoms with van der Waals surface area (Å²) in [6.45, 7) is 1.12. The number of pyridine rings is 2. The van der Waals surface area contributed by atoms with E-state index in [1.807, 2.05) is 24.3 Å². The van der Waals surface area contributed by atoms with Gasteiger partial charge in [0.05, 0.1) is 5.69 Å². The van der Waals surface area contributed by atoms with Crippen LogP contribution in [0.25, 0.3) is 10.9 Å². The van der Waals surface area contributed by atoms with Crippen molar-refractivity contribution in [2.45, 2.75) is 13.0 Å². The Balaban J connectivity index is 1.63. The number of ether oxygens (including phenoxy) is 1. The van der Waals surface area contributed by atoms with Gasteiger partial charge in [0.15, 0.2) is 11.6 Å². The SMILES string of the molecule is Fc1ccc2cccnc2c1OCc1ccc2c(n1)NCC2. The lowest BCUT2D eigenvalue weighted by Gasteiger charge is -2.10. The summed E-state index contributed by atoms with van der Waals surface area (Å²) in [7, 11) is 0. The van der Waals surface area contributed by atoms with E-state index in [0.29, 0.717) is 5.52 Å². The van der Waals surface area contributed by atoms with Gasteiger partial charge in [-0.1, -0.05) is 12.1 Å². The number of rotatable bonds is 3. The van der Waals surface area contributed by atoms with Gasteiger partial charge in [-0.05, 0) is 36.2 Å². The van der Waals surface area contributed by atoms with Crippen molar-refractivity contribution in [3.05, 3.63) is 59.7 Å². The first-order valence-electron chi connectivity index (χ1n) is 7.20. The molecule has 0 spiro atoms. The van der Waals surface area contributed by atoms with Crippen molar-refractivity contribution >= 4 is 16.7 Å². The minimum absolute atomic E-state index is 0.174. The summed E-state index contributed by atoms with van der Waals surface area (Å²) in [6.07, 6.45) is 2.62. The Labute approximate surface area is 127 Å². The maximum atomic E-state index is 14.0. The van der Waals surface area contributed by atoms with E-state index >= 15 is 0 Å². The average Bonchev–Trinajstić information content (AvgIpc) is 3.01. The summed E-state index contributed by atoms with van der Waals surface area (Å²) in [5.41, 5.74) is 2.50. The third kappa shape index (κ3) is 2.24. The van der Waals surface area contributed by atoms with Crippen molar-refractivity contribution < 1.29 is 9.13 Å². The van der Waals surface area contributed by atoms with Crippen LogP contribution in [-0.4, -0.2) is 16.5 Å². The molecule has 0 saturated heterocycles. The average molecular weight is 295 g/mol. The summed E-state index contributed by atoms with van der Waals surface area (Å²) in [6, 6.07) is 10.8. The van der Waals surface area contributed by atoms with Crippen molar-refractivity contribution in [2.24, 2.45) is 0 Å². The van der Waals surface area contributed by atoms with Gasteiger partial charge >= 0.3 is 0 Å². The molecule has 3 heterocycles. The highest BCUT2D eigenvalue weighted by Gasteiger charge is 2.14. The van der Waals surface area contributed by atoms with Crippen LogP contribution < -0.4 is 10.1 Å². The number of hydrogen-bond acceptors (Lipinski definition) is 4. The summed E-state index contributed by atoms with van der Waals surface area (Å²) in [5, 5.41) is 4.08. The molecule has 4 rings (SSSR count). The first kappa shape index (κ1) is 13.0. The predicted molar refractivity (Wildman–Crippen MR) is 82.5 cm³/mol. The zero-order chi connectivity index (χ0) is 14.9. The number of fused-ring (bicyclic) bond motifs is 2. The van der Waals surface area contributed by atoms with Crippen molar-refractivity contribution in [3.63, 3.8) is 0 Å². The lowest BCUT2D eigenvalue weighted by atomic mass is 10.2. The Morgan fingerprint density at radius 2 is 2.14 bits per heavy atom. The monoisotopic (exact) mass is 295 g/mol. The van der Waals surface area contributed by atoms with Crippen LogP contribution in [0.1, 0.15) is 11.3 Å². The number of hydrogen-bond donors (Lipinski definition) is 1. The summed E-state index contributed by atoms with van der Waals surface area (Å²) in [5.74, 6) is 0.663. The van der Waals surface area contributed by atoms with E-state index < -0.39 is 5.82 Å². The fraction of sp³-hybridized carbons (Fsp3) is 0.176. The minimum atomic E-state index is -0.412. The van der Waals surface area contributed by atoms with Crippen LogP contribution in [0.15, 0.2) is 42.6 Å². The Kier molecular flexibility index (Phi) is 3.11. The normalized spacial score (nSPS) is 13.0. The number of benzene rings is 1. The topological polar surface area (TPSA) is 47.0 Å². The van der Waals surface area contributed by atoms with Gasteiger partial charge in [-0.2, -0.15) is 0 Å². The van der Waals surface area contributed by atoms with Gasteiger partial charge in [-0.25, -0.2) is 9.37 Å². The molecule has 0 radical (unpaired) electrons. The lowest BCUT2D eigenvalue weighted by molar-refractivity contribution is 0.289. The highest BCUT2D eigenvalue weighted by Crippen LogP contribution is 2.28. The van der Waals surface area contributed by atoms with Gasteiger partial charge in [-0.3, -0.25) is 4.98 Å². The fourth-order valence-corrected chi connectivity index (χ4v) is 2.66. The second-order valence-corrected chi connectivity index (χ2v) is 5.23. The Bertz CT molecular complexity index is 850. The molecule has 1 aromatic carbocycles. The van der Waals surface area contributed by atoms with E-state index in [9.17, 15) is 4.39 Å². The number of halogens is 1. The molecule has 110 valence electrons. The van der Waals surface area contributed by atoms with Crippen LogP contribution in [0.2, 0.25) is 0 Å². The molecule has 1 aliphatic heterocycles. The van der Waals surface area contributed by atoms with Crippen LogP contribution in [0.4, 0.5) is 10.2 Å². The molecule has 0 bridgehead atoms. The molecule has 0 amide bonds. The Hall–Kier alpha value is -2.69. The zero-order valence-electron chi connectivity index (χ0n) is 11.8. The molecule has 5 heteroatoms. The smallest absolute Gasteiger partial charge is 0.181 e. The van der Waals surface area contributed by atoms with Crippen LogP contribution in [0, 0.1) is 5.82 Å². The second-order valence-electron chi connectivity index (χ2n) is 5.23. The molecule has 22 heavy (non-hydrogen) atoms. The third-order valence-corrected chi connectivity index (χ3v) is 3.77. The van der Waals surface area contributed by atoms with Crippen molar-refractivity contribution in [2.75, 3.05) is 11.9 Å². The molecule has 0 aliphatic carbocycles. The number of nitrogens with one attached hydrogen (secondary N) is 1. The quantitative estimate of drug-likeness (QED) is 0.805. The maximum Gasteiger partial charge on any atom is 0.181 e. The molecule has 0 saturated carbocycles.